The molecule has 0 aliphatic carbocycles. The third-order valence-electron chi connectivity index (χ3n) is 5.64. The number of likely N-dealkylation sites (tertiary alicyclic amines) is 1. The molecule has 1 N–H and O–H groups in total. The SMILES string of the molecule is CN(C(=O)CN1CCCCCCC1=O)C1CC2CCC(C1)N2.Cl. The Kier molecular flexibility index (Phi) is 6.72. The topological polar surface area (TPSA) is 52.7 Å². The molecule has 0 aromatic heterocycles. The Balaban J connectivity index is 0.00000192. The molecule has 6 heteroatoms. The highest BCUT2D eigenvalue weighted by Gasteiger charge is 2.36. The van der Waals surface area contributed by atoms with Crippen LogP contribution in [0.4, 0.5) is 0 Å². The zero-order valence-electron chi connectivity index (χ0n) is 14.1. The molecule has 23 heavy (non-hydrogen) atoms. The lowest BCUT2D eigenvalue weighted by molar-refractivity contribution is -0.141. The van der Waals surface area contributed by atoms with Gasteiger partial charge in [0.25, 0.3) is 0 Å². The monoisotopic (exact) mass is 343 g/mol. The van der Waals surface area contributed by atoms with E-state index in [1.807, 2.05) is 11.9 Å². The highest BCUT2D eigenvalue weighted by Crippen LogP contribution is 2.29. The van der Waals surface area contributed by atoms with Crippen LogP contribution in [0.1, 0.15) is 57.8 Å². The Labute approximate surface area is 145 Å². The van der Waals surface area contributed by atoms with Crippen LogP contribution in [0.2, 0.25) is 0 Å². The largest absolute Gasteiger partial charge is 0.341 e. The van der Waals surface area contributed by atoms with Crippen molar-refractivity contribution in [1.29, 1.82) is 0 Å². The van der Waals surface area contributed by atoms with E-state index in [1.54, 1.807) is 4.90 Å². The molecule has 3 saturated heterocycles. The average Bonchev–Trinajstić information content (AvgIpc) is 2.84. The second-order valence-electron chi connectivity index (χ2n) is 7.25. The van der Waals surface area contributed by atoms with Crippen LogP contribution in [0.15, 0.2) is 0 Å². The molecule has 0 saturated carbocycles. The fourth-order valence-corrected chi connectivity index (χ4v) is 4.20. The first-order chi connectivity index (χ1) is 10.6. The molecule has 0 aromatic carbocycles. The molecule has 2 amide bonds. The van der Waals surface area contributed by atoms with Crippen molar-refractivity contribution < 1.29 is 9.59 Å². The Hall–Kier alpha value is -0.810. The molecule has 3 aliphatic rings. The van der Waals surface area contributed by atoms with E-state index in [9.17, 15) is 9.59 Å². The van der Waals surface area contributed by atoms with Crippen LogP contribution in [0.3, 0.4) is 0 Å². The van der Waals surface area contributed by atoms with E-state index in [0.29, 0.717) is 24.5 Å². The summed E-state index contributed by atoms with van der Waals surface area (Å²) in [4.78, 5) is 28.5. The zero-order valence-corrected chi connectivity index (χ0v) is 14.9. The van der Waals surface area contributed by atoms with E-state index in [2.05, 4.69) is 5.32 Å². The van der Waals surface area contributed by atoms with Crippen LogP contribution in [0.5, 0.6) is 0 Å². The summed E-state index contributed by atoms with van der Waals surface area (Å²) in [5, 5.41) is 3.62. The molecule has 0 radical (unpaired) electrons. The van der Waals surface area contributed by atoms with E-state index < -0.39 is 0 Å². The second-order valence-corrected chi connectivity index (χ2v) is 7.25. The smallest absolute Gasteiger partial charge is 0.242 e. The summed E-state index contributed by atoms with van der Waals surface area (Å²) in [5.41, 5.74) is 0. The minimum Gasteiger partial charge on any atom is -0.341 e. The van der Waals surface area contributed by atoms with Crippen molar-refractivity contribution in [1.82, 2.24) is 15.1 Å². The Morgan fingerprint density at radius 3 is 2.52 bits per heavy atom. The molecular formula is C17H30ClN3O2. The van der Waals surface area contributed by atoms with Crippen molar-refractivity contribution in [3.05, 3.63) is 0 Å². The molecule has 2 atom stereocenters. The summed E-state index contributed by atoms with van der Waals surface area (Å²) in [6, 6.07) is 1.51. The molecule has 5 nitrogen and oxygen atoms in total. The number of rotatable bonds is 3. The van der Waals surface area contributed by atoms with E-state index >= 15 is 0 Å². The van der Waals surface area contributed by atoms with E-state index in [0.717, 1.165) is 38.6 Å². The van der Waals surface area contributed by atoms with Gasteiger partial charge in [0, 0.05) is 38.1 Å². The molecule has 0 spiro atoms. The number of amides is 2. The molecule has 3 aliphatic heterocycles. The maximum Gasteiger partial charge on any atom is 0.242 e. The number of nitrogens with one attached hydrogen (secondary N) is 1. The standard InChI is InChI=1S/C17H29N3O2.ClH/c1-19(15-10-13-7-8-14(11-15)18-13)17(22)12-20-9-5-3-2-4-6-16(20)21;/h13-15,18H,2-12H2,1H3;1H. The lowest BCUT2D eigenvalue weighted by Crippen LogP contribution is -2.51. The van der Waals surface area contributed by atoms with Crippen molar-refractivity contribution in [2.24, 2.45) is 0 Å². The number of hydrogen-bond donors (Lipinski definition) is 1. The molecule has 2 bridgehead atoms. The summed E-state index contributed by atoms with van der Waals surface area (Å²) >= 11 is 0. The first-order valence-electron chi connectivity index (χ1n) is 8.93. The average molecular weight is 344 g/mol. The van der Waals surface area contributed by atoms with Gasteiger partial charge in [-0.15, -0.1) is 12.4 Å². The van der Waals surface area contributed by atoms with Gasteiger partial charge < -0.3 is 15.1 Å². The van der Waals surface area contributed by atoms with Crippen LogP contribution in [-0.2, 0) is 9.59 Å². The maximum atomic E-state index is 12.6. The van der Waals surface area contributed by atoms with Crippen molar-refractivity contribution in [2.45, 2.75) is 75.9 Å². The number of carbonyl (C=O) groups is 2. The van der Waals surface area contributed by atoms with Crippen LogP contribution >= 0.6 is 12.4 Å². The van der Waals surface area contributed by atoms with Gasteiger partial charge in [0.05, 0.1) is 6.54 Å². The normalized spacial score (nSPS) is 31.1. The highest BCUT2D eigenvalue weighted by atomic mass is 35.5. The first-order valence-corrected chi connectivity index (χ1v) is 8.93. The van der Waals surface area contributed by atoms with Gasteiger partial charge in [-0.2, -0.15) is 0 Å². The van der Waals surface area contributed by atoms with Gasteiger partial charge in [0.15, 0.2) is 0 Å². The van der Waals surface area contributed by atoms with E-state index in [-0.39, 0.29) is 30.8 Å². The number of halogens is 1. The Morgan fingerprint density at radius 1 is 1.17 bits per heavy atom. The highest BCUT2D eigenvalue weighted by molar-refractivity contribution is 5.85. The molecule has 132 valence electrons. The minimum absolute atomic E-state index is 0. The number of carbonyl (C=O) groups excluding carboxylic acids is 2. The Morgan fingerprint density at radius 2 is 1.83 bits per heavy atom. The third kappa shape index (κ3) is 4.60. The number of fused-ring (bicyclic) bond motifs is 2. The summed E-state index contributed by atoms with van der Waals surface area (Å²) in [5.74, 6) is 0.270. The van der Waals surface area contributed by atoms with Crippen LogP contribution in [0.25, 0.3) is 0 Å². The molecule has 3 rings (SSSR count). The number of hydrogen-bond acceptors (Lipinski definition) is 3. The van der Waals surface area contributed by atoms with Gasteiger partial charge in [-0.25, -0.2) is 0 Å². The fraction of sp³-hybridized carbons (Fsp3) is 0.882. The van der Waals surface area contributed by atoms with Crippen molar-refractivity contribution in [2.75, 3.05) is 20.1 Å². The van der Waals surface area contributed by atoms with Crippen LogP contribution in [-0.4, -0.2) is 59.9 Å². The quantitative estimate of drug-likeness (QED) is 0.852. The van der Waals surface area contributed by atoms with Crippen molar-refractivity contribution in [3.63, 3.8) is 0 Å². The number of piperidine rings is 1. The first kappa shape index (κ1) is 18.5. The van der Waals surface area contributed by atoms with Gasteiger partial charge >= 0.3 is 0 Å². The van der Waals surface area contributed by atoms with Gasteiger partial charge in [0.1, 0.15) is 0 Å². The molecule has 3 heterocycles. The zero-order chi connectivity index (χ0) is 15.5. The lowest BCUT2D eigenvalue weighted by Gasteiger charge is -2.36. The lowest BCUT2D eigenvalue weighted by atomic mass is 9.98. The predicted molar refractivity (Wildman–Crippen MR) is 92.7 cm³/mol. The summed E-state index contributed by atoms with van der Waals surface area (Å²) in [6.07, 6.45) is 9.53. The van der Waals surface area contributed by atoms with E-state index in [4.69, 9.17) is 0 Å². The van der Waals surface area contributed by atoms with Gasteiger partial charge in [-0.05, 0) is 38.5 Å². The van der Waals surface area contributed by atoms with Gasteiger partial charge in [0.2, 0.25) is 11.8 Å². The van der Waals surface area contributed by atoms with Crippen molar-refractivity contribution in [3.8, 4) is 0 Å². The van der Waals surface area contributed by atoms with Crippen LogP contribution in [0, 0.1) is 0 Å². The van der Waals surface area contributed by atoms with Crippen LogP contribution < -0.4 is 5.32 Å². The maximum absolute atomic E-state index is 12.6. The number of nitrogens with zero attached hydrogens (tertiary/aromatic N) is 2. The predicted octanol–water partition coefficient (Wildman–Crippen LogP) is 1.94. The summed E-state index contributed by atoms with van der Waals surface area (Å²) in [7, 11) is 1.92. The number of likely N-dealkylation sites (N-methyl/N-ethyl adjacent to an activating group) is 1. The summed E-state index contributed by atoms with van der Waals surface area (Å²) < 4.78 is 0. The van der Waals surface area contributed by atoms with Gasteiger partial charge in [-0.3, -0.25) is 9.59 Å². The third-order valence-corrected chi connectivity index (χ3v) is 5.64. The van der Waals surface area contributed by atoms with E-state index in [1.165, 1.54) is 19.3 Å². The molecule has 2 unspecified atom stereocenters. The molecule has 0 aromatic rings. The van der Waals surface area contributed by atoms with Gasteiger partial charge in [-0.1, -0.05) is 12.8 Å². The molecule has 3 fully saturated rings. The summed E-state index contributed by atoms with van der Waals surface area (Å²) in [6.45, 7) is 1.02. The Bertz CT molecular complexity index is 420. The van der Waals surface area contributed by atoms with Crippen molar-refractivity contribution >= 4 is 24.2 Å². The molecular weight excluding hydrogens is 314 g/mol. The fourth-order valence-electron chi connectivity index (χ4n) is 4.20. The minimum atomic E-state index is 0. The second kappa shape index (κ2) is 8.34.